The number of benzene rings is 1. The predicted octanol–water partition coefficient (Wildman–Crippen LogP) is 2.06. The number of rotatable bonds is 5. The van der Waals surface area contributed by atoms with Crippen molar-refractivity contribution in [3.63, 3.8) is 0 Å². The molecule has 96 valence electrons. The van der Waals surface area contributed by atoms with E-state index in [4.69, 9.17) is 10.6 Å². The Bertz CT molecular complexity index is 506. The number of aromatic nitrogens is 2. The van der Waals surface area contributed by atoms with Crippen LogP contribution < -0.4 is 16.0 Å². The third-order valence-electron chi connectivity index (χ3n) is 2.59. The molecule has 18 heavy (non-hydrogen) atoms. The fourth-order valence-electron chi connectivity index (χ4n) is 1.70. The van der Waals surface area contributed by atoms with Crippen LogP contribution in [-0.2, 0) is 6.42 Å². The number of methoxy groups -OCH3 is 1. The largest absolute Gasteiger partial charge is 0.496 e. The first-order chi connectivity index (χ1) is 8.74. The van der Waals surface area contributed by atoms with Gasteiger partial charge in [0.2, 0.25) is 0 Å². The van der Waals surface area contributed by atoms with E-state index in [0.29, 0.717) is 6.42 Å². The van der Waals surface area contributed by atoms with Crippen LogP contribution in [0.25, 0.3) is 0 Å². The number of hydrogen-bond donors (Lipinski definition) is 2. The normalized spacial score (nSPS) is 12.4. The van der Waals surface area contributed by atoms with Gasteiger partial charge in [-0.1, -0.05) is 20.4 Å². The first-order valence-corrected chi connectivity index (χ1v) is 6.87. The molecule has 0 aliphatic carbocycles. The average molecular weight is 329 g/mol. The predicted molar refractivity (Wildman–Crippen MR) is 74.4 cm³/mol. The maximum absolute atomic E-state index is 5.59. The summed E-state index contributed by atoms with van der Waals surface area (Å²) in [6.07, 6.45) is 2.43. The fourth-order valence-corrected chi connectivity index (χ4v) is 2.67. The van der Waals surface area contributed by atoms with E-state index >= 15 is 0 Å². The molecule has 0 amide bonds. The van der Waals surface area contributed by atoms with Gasteiger partial charge in [-0.15, -0.1) is 5.10 Å². The number of hydrogen-bond acceptors (Lipinski definition) is 6. The Kier molecular flexibility index (Phi) is 4.65. The summed E-state index contributed by atoms with van der Waals surface area (Å²) < 4.78 is 10.2. The second-order valence-electron chi connectivity index (χ2n) is 3.70. The lowest BCUT2D eigenvalue weighted by molar-refractivity contribution is 0.406. The Morgan fingerprint density at radius 3 is 3.00 bits per heavy atom. The third-order valence-corrected chi connectivity index (χ3v) is 3.86. The van der Waals surface area contributed by atoms with Crippen LogP contribution in [0.15, 0.2) is 28.9 Å². The number of hydrazine groups is 1. The second kappa shape index (κ2) is 6.24. The van der Waals surface area contributed by atoms with E-state index in [-0.39, 0.29) is 6.04 Å². The molecule has 1 heterocycles. The van der Waals surface area contributed by atoms with Gasteiger partial charge in [0.25, 0.3) is 0 Å². The number of nitrogens with zero attached hydrogens (tertiary/aromatic N) is 2. The van der Waals surface area contributed by atoms with Crippen molar-refractivity contribution in [3.05, 3.63) is 39.3 Å². The number of ether oxygens (including phenoxy) is 1. The van der Waals surface area contributed by atoms with Crippen molar-refractivity contribution in [1.29, 1.82) is 0 Å². The summed E-state index contributed by atoms with van der Waals surface area (Å²) in [5, 5.41) is 3.83. The van der Waals surface area contributed by atoms with Gasteiger partial charge in [0, 0.05) is 4.47 Å². The van der Waals surface area contributed by atoms with Crippen LogP contribution in [0, 0.1) is 0 Å². The molecule has 0 fully saturated rings. The maximum Gasteiger partial charge on any atom is 0.122 e. The smallest absolute Gasteiger partial charge is 0.122 e. The van der Waals surface area contributed by atoms with E-state index in [1.165, 1.54) is 11.5 Å². The minimum absolute atomic E-state index is 0.0202. The number of halogens is 1. The third kappa shape index (κ3) is 3.05. The monoisotopic (exact) mass is 328 g/mol. The van der Waals surface area contributed by atoms with Crippen molar-refractivity contribution in [3.8, 4) is 5.75 Å². The highest BCUT2D eigenvalue weighted by Gasteiger charge is 2.15. The molecule has 0 bridgehead atoms. The lowest BCUT2D eigenvalue weighted by Gasteiger charge is -2.15. The molecule has 1 atom stereocenters. The number of nitrogens with two attached hydrogens (primary N) is 1. The van der Waals surface area contributed by atoms with Crippen LogP contribution in [0.4, 0.5) is 0 Å². The first kappa shape index (κ1) is 13.4. The highest BCUT2D eigenvalue weighted by molar-refractivity contribution is 9.10. The minimum Gasteiger partial charge on any atom is -0.496 e. The van der Waals surface area contributed by atoms with Crippen molar-refractivity contribution >= 4 is 27.5 Å². The molecule has 1 aromatic heterocycles. The van der Waals surface area contributed by atoms with Gasteiger partial charge in [0.15, 0.2) is 0 Å². The van der Waals surface area contributed by atoms with Gasteiger partial charge in [-0.2, -0.15) is 0 Å². The zero-order valence-electron chi connectivity index (χ0n) is 9.76. The molecule has 2 aromatic rings. The van der Waals surface area contributed by atoms with Gasteiger partial charge in [-0.05, 0) is 41.7 Å². The van der Waals surface area contributed by atoms with E-state index in [0.717, 1.165) is 20.7 Å². The van der Waals surface area contributed by atoms with Crippen molar-refractivity contribution in [2.45, 2.75) is 12.5 Å². The quantitative estimate of drug-likeness (QED) is 0.649. The highest BCUT2D eigenvalue weighted by atomic mass is 79.9. The molecule has 1 aromatic carbocycles. The van der Waals surface area contributed by atoms with Gasteiger partial charge in [-0.25, -0.2) is 0 Å². The fraction of sp³-hybridized carbons (Fsp3) is 0.273. The Balaban J connectivity index is 2.24. The summed E-state index contributed by atoms with van der Waals surface area (Å²) in [6.45, 7) is 0. The van der Waals surface area contributed by atoms with Crippen molar-refractivity contribution in [2.75, 3.05) is 7.11 Å². The van der Waals surface area contributed by atoms with Crippen LogP contribution in [-0.4, -0.2) is 16.7 Å². The summed E-state index contributed by atoms with van der Waals surface area (Å²) in [5.41, 5.74) is 3.86. The molecule has 7 heteroatoms. The van der Waals surface area contributed by atoms with Gasteiger partial charge >= 0.3 is 0 Å². The molecule has 2 rings (SSSR count). The van der Waals surface area contributed by atoms with E-state index in [1.54, 1.807) is 13.3 Å². The molecule has 5 nitrogen and oxygen atoms in total. The molecule has 0 spiro atoms. The van der Waals surface area contributed by atoms with E-state index < -0.39 is 0 Å². The van der Waals surface area contributed by atoms with E-state index in [2.05, 4.69) is 30.9 Å². The maximum atomic E-state index is 5.59. The van der Waals surface area contributed by atoms with E-state index in [9.17, 15) is 0 Å². The molecular formula is C11H13BrN4OS. The highest BCUT2D eigenvalue weighted by Crippen LogP contribution is 2.28. The topological polar surface area (TPSA) is 73.1 Å². The van der Waals surface area contributed by atoms with Gasteiger partial charge in [0.1, 0.15) is 5.75 Å². The summed E-state index contributed by atoms with van der Waals surface area (Å²) in [5.74, 6) is 6.43. The SMILES string of the molecule is COc1ccc(Br)cc1CC(NN)c1cnns1. The molecule has 0 saturated carbocycles. The lowest BCUT2D eigenvalue weighted by atomic mass is 10.0. The zero-order chi connectivity index (χ0) is 13.0. The summed E-state index contributed by atoms with van der Waals surface area (Å²) in [6, 6.07) is 5.88. The van der Waals surface area contributed by atoms with Crippen molar-refractivity contribution in [2.24, 2.45) is 5.84 Å². The van der Waals surface area contributed by atoms with Crippen LogP contribution in [0.2, 0.25) is 0 Å². The zero-order valence-corrected chi connectivity index (χ0v) is 12.2. The lowest BCUT2D eigenvalue weighted by Crippen LogP contribution is -2.29. The first-order valence-electron chi connectivity index (χ1n) is 5.30. The molecule has 0 aliphatic heterocycles. The van der Waals surface area contributed by atoms with Crippen LogP contribution >= 0.6 is 27.5 Å². The Morgan fingerprint density at radius 2 is 2.39 bits per heavy atom. The van der Waals surface area contributed by atoms with Crippen molar-refractivity contribution in [1.82, 2.24) is 15.0 Å². The molecular weight excluding hydrogens is 316 g/mol. The summed E-state index contributed by atoms with van der Waals surface area (Å²) in [4.78, 5) is 1.000. The molecule has 1 unspecified atom stereocenters. The molecule has 0 aliphatic rings. The molecule has 0 radical (unpaired) electrons. The average Bonchev–Trinajstić information content (AvgIpc) is 2.90. The molecule has 0 saturated heterocycles. The van der Waals surface area contributed by atoms with Crippen LogP contribution in [0.1, 0.15) is 16.5 Å². The van der Waals surface area contributed by atoms with Crippen molar-refractivity contribution < 1.29 is 4.74 Å². The second-order valence-corrected chi connectivity index (χ2v) is 5.43. The Hall–Kier alpha value is -1.02. The molecule has 3 N–H and O–H groups in total. The Morgan fingerprint density at radius 1 is 1.56 bits per heavy atom. The van der Waals surface area contributed by atoms with Gasteiger partial charge in [0.05, 0.1) is 24.2 Å². The minimum atomic E-state index is -0.0202. The van der Waals surface area contributed by atoms with Gasteiger partial charge < -0.3 is 4.74 Å². The number of nitrogens with one attached hydrogen (secondary N) is 1. The van der Waals surface area contributed by atoms with Crippen LogP contribution in [0.5, 0.6) is 5.75 Å². The Labute approximate surface area is 118 Å². The summed E-state index contributed by atoms with van der Waals surface area (Å²) in [7, 11) is 1.66. The standard InChI is InChI=1S/C11H13BrN4OS/c1-17-10-3-2-8(12)4-7(10)5-9(15-13)11-6-14-16-18-11/h2-4,6,9,15H,5,13H2,1H3. The van der Waals surface area contributed by atoms with Crippen LogP contribution in [0.3, 0.4) is 0 Å². The summed E-state index contributed by atoms with van der Waals surface area (Å²) >= 11 is 4.79. The van der Waals surface area contributed by atoms with E-state index in [1.807, 2.05) is 18.2 Å². The van der Waals surface area contributed by atoms with Gasteiger partial charge in [-0.3, -0.25) is 11.3 Å².